The van der Waals surface area contributed by atoms with Crippen molar-refractivity contribution in [3.63, 3.8) is 0 Å². The molecule has 3 rings (SSSR count). The SMILES string of the molecule is CC1=NN(c2ccc(C(=O)N3CCC[C@H](CNS(C)(=O)=O)C3)cc2)CC1. The molecule has 7 nitrogen and oxygen atoms in total. The molecule has 0 bridgehead atoms. The van der Waals surface area contributed by atoms with Gasteiger partial charge in [-0.05, 0) is 49.9 Å². The first-order chi connectivity index (χ1) is 12.3. The van der Waals surface area contributed by atoms with Crippen LogP contribution >= 0.6 is 0 Å². The molecular weight excluding hydrogens is 352 g/mol. The lowest BCUT2D eigenvalue weighted by Crippen LogP contribution is -2.43. The van der Waals surface area contributed by atoms with Gasteiger partial charge in [-0.25, -0.2) is 13.1 Å². The summed E-state index contributed by atoms with van der Waals surface area (Å²) < 4.78 is 25.1. The number of carbonyl (C=O) groups excluding carboxylic acids is 1. The lowest BCUT2D eigenvalue weighted by atomic mass is 9.97. The molecule has 0 aliphatic carbocycles. The minimum Gasteiger partial charge on any atom is -0.338 e. The van der Waals surface area contributed by atoms with Crippen LogP contribution in [0.25, 0.3) is 0 Å². The summed E-state index contributed by atoms with van der Waals surface area (Å²) in [6.07, 6.45) is 3.95. The topological polar surface area (TPSA) is 82.1 Å². The Labute approximate surface area is 155 Å². The highest BCUT2D eigenvalue weighted by atomic mass is 32.2. The molecule has 0 unspecified atom stereocenters. The number of benzene rings is 1. The summed E-state index contributed by atoms with van der Waals surface area (Å²) in [6, 6.07) is 7.56. The van der Waals surface area contributed by atoms with Crippen LogP contribution in [0.3, 0.4) is 0 Å². The Morgan fingerprint density at radius 3 is 2.62 bits per heavy atom. The first kappa shape index (κ1) is 18.8. The first-order valence-corrected chi connectivity index (χ1v) is 10.9. The monoisotopic (exact) mass is 378 g/mol. The summed E-state index contributed by atoms with van der Waals surface area (Å²) in [6.45, 7) is 4.57. The Morgan fingerprint density at radius 1 is 1.27 bits per heavy atom. The van der Waals surface area contributed by atoms with Crippen LogP contribution in [0.5, 0.6) is 0 Å². The zero-order chi connectivity index (χ0) is 18.7. The number of hydrazone groups is 1. The molecule has 0 aromatic heterocycles. The van der Waals surface area contributed by atoms with Gasteiger partial charge in [-0.2, -0.15) is 5.10 Å². The Bertz CT molecular complexity index is 789. The van der Waals surface area contributed by atoms with Crippen molar-refractivity contribution in [3.05, 3.63) is 29.8 Å². The van der Waals surface area contributed by atoms with Crippen LogP contribution < -0.4 is 9.73 Å². The third kappa shape index (κ3) is 4.82. The van der Waals surface area contributed by atoms with Gasteiger partial charge in [0.15, 0.2) is 0 Å². The molecule has 1 fully saturated rings. The van der Waals surface area contributed by atoms with Gasteiger partial charge in [-0.3, -0.25) is 9.80 Å². The summed E-state index contributed by atoms with van der Waals surface area (Å²) in [5, 5.41) is 6.43. The zero-order valence-electron chi connectivity index (χ0n) is 15.3. The fraction of sp³-hybridized carbons (Fsp3) is 0.556. The molecule has 1 aromatic carbocycles. The molecule has 1 atom stereocenters. The predicted octanol–water partition coefficient (Wildman–Crippen LogP) is 1.67. The summed E-state index contributed by atoms with van der Waals surface area (Å²) in [5.74, 6) is 0.158. The van der Waals surface area contributed by atoms with Gasteiger partial charge in [-0.15, -0.1) is 0 Å². The summed E-state index contributed by atoms with van der Waals surface area (Å²) >= 11 is 0. The van der Waals surface area contributed by atoms with Gasteiger partial charge in [0.05, 0.1) is 11.9 Å². The second-order valence-electron chi connectivity index (χ2n) is 7.14. The summed E-state index contributed by atoms with van der Waals surface area (Å²) in [4.78, 5) is 14.6. The predicted molar refractivity (Wildman–Crippen MR) is 103 cm³/mol. The van der Waals surface area contributed by atoms with E-state index in [0.29, 0.717) is 25.2 Å². The van der Waals surface area contributed by atoms with Gasteiger partial charge in [0.1, 0.15) is 0 Å². The molecule has 0 spiro atoms. The number of sulfonamides is 1. The van der Waals surface area contributed by atoms with Gasteiger partial charge in [0.25, 0.3) is 5.91 Å². The van der Waals surface area contributed by atoms with Crippen molar-refractivity contribution in [3.8, 4) is 0 Å². The van der Waals surface area contributed by atoms with E-state index >= 15 is 0 Å². The van der Waals surface area contributed by atoms with Gasteiger partial charge < -0.3 is 4.90 Å². The van der Waals surface area contributed by atoms with E-state index < -0.39 is 10.0 Å². The molecule has 8 heteroatoms. The van der Waals surface area contributed by atoms with Crippen molar-refractivity contribution in [2.75, 3.05) is 37.4 Å². The Balaban J connectivity index is 1.61. The fourth-order valence-corrected chi connectivity index (χ4v) is 3.94. The number of anilines is 1. The van der Waals surface area contributed by atoms with Gasteiger partial charge >= 0.3 is 0 Å². The molecule has 1 saturated heterocycles. The van der Waals surface area contributed by atoms with Crippen molar-refractivity contribution >= 4 is 27.3 Å². The summed E-state index contributed by atoms with van der Waals surface area (Å²) in [7, 11) is -3.20. The highest BCUT2D eigenvalue weighted by Crippen LogP contribution is 2.22. The minimum atomic E-state index is -3.20. The van der Waals surface area contributed by atoms with Crippen LogP contribution in [0.15, 0.2) is 29.4 Å². The van der Waals surface area contributed by atoms with Crippen molar-refractivity contribution in [2.24, 2.45) is 11.0 Å². The van der Waals surface area contributed by atoms with E-state index in [-0.39, 0.29) is 11.8 Å². The Hall–Kier alpha value is -1.93. The van der Waals surface area contributed by atoms with E-state index in [9.17, 15) is 13.2 Å². The number of carbonyl (C=O) groups is 1. The standard InChI is InChI=1S/C18H26N4O3S/c1-14-9-11-22(20-14)17-7-5-16(6-8-17)18(23)21-10-3-4-15(13-21)12-19-26(2,24)25/h5-8,15,19H,3-4,9-13H2,1-2H3/t15-/m1/s1. The number of hydrogen-bond acceptors (Lipinski definition) is 5. The van der Waals surface area contributed by atoms with Crippen molar-refractivity contribution < 1.29 is 13.2 Å². The molecule has 0 radical (unpaired) electrons. The van der Waals surface area contributed by atoms with Crippen LogP contribution in [0, 0.1) is 5.92 Å². The number of hydrogen-bond donors (Lipinski definition) is 1. The third-order valence-corrected chi connectivity index (χ3v) is 5.52. The second-order valence-corrected chi connectivity index (χ2v) is 8.97. The molecule has 142 valence electrons. The van der Waals surface area contributed by atoms with E-state index in [1.54, 1.807) is 0 Å². The molecule has 0 saturated carbocycles. The number of piperidine rings is 1. The highest BCUT2D eigenvalue weighted by molar-refractivity contribution is 7.88. The van der Waals surface area contributed by atoms with Gasteiger partial charge in [0, 0.05) is 43.9 Å². The molecule has 1 amide bonds. The first-order valence-electron chi connectivity index (χ1n) is 8.97. The van der Waals surface area contributed by atoms with Crippen LogP contribution in [0.2, 0.25) is 0 Å². The number of nitrogens with one attached hydrogen (secondary N) is 1. The van der Waals surface area contributed by atoms with E-state index in [0.717, 1.165) is 43.5 Å². The number of nitrogens with zero attached hydrogens (tertiary/aromatic N) is 3. The number of likely N-dealkylation sites (tertiary alicyclic amines) is 1. The van der Waals surface area contributed by atoms with Crippen LogP contribution in [0.4, 0.5) is 5.69 Å². The lowest BCUT2D eigenvalue weighted by molar-refractivity contribution is 0.0676. The molecule has 2 aliphatic rings. The van der Waals surface area contributed by atoms with Crippen molar-refractivity contribution in [2.45, 2.75) is 26.2 Å². The maximum absolute atomic E-state index is 12.8. The van der Waals surface area contributed by atoms with Crippen molar-refractivity contribution in [1.29, 1.82) is 0 Å². The summed E-state index contributed by atoms with van der Waals surface area (Å²) in [5.41, 5.74) is 2.77. The zero-order valence-corrected chi connectivity index (χ0v) is 16.1. The molecule has 2 heterocycles. The molecule has 1 aromatic rings. The fourth-order valence-electron chi connectivity index (χ4n) is 3.40. The Kier molecular flexibility index (Phi) is 5.62. The van der Waals surface area contributed by atoms with Crippen molar-refractivity contribution in [1.82, 2.24) is 9.62 Å². The average Bonchev–Trinajstić information content (AvgIpc) is 3.06. The van der Waals surface area contributed by atoms with Gasteiger partial charge in [-0.1, -0.05) is 0 Å². The third-order valence-electron chi connectivity index (χ3n) is 4.83. The number of rotatable bonds is 5. The van der Waals surface area contributed by atoms with E-state index in [4.69, 9.17) is 0 Å². The van der Waals surface area contributed by atoms with E-state index in [1.165, 1.54) is 0 Å². The maximum Gasteiger partial charge on any atom is 0.253 e. The molecular formula is C18H26N4O3S. The van der Waals surface area contributed by atoms with Crippen LogP contribution in [-0.2, 0) is 10.0 Å². The van der Waals surface area contributed by atoms with Crippen LogP contribution in [0.1, 0.15) is 36.5 Å². The minimum absolute atomic E-state index is 0.00158. The molecule has 26 heavy (non-hydrogen) atoms. The lowest BCUT2D eigenvalue weighted by Gasteiger charge is -2.33. The normalized spacial score (nSPS) is 21.0. The molecule has 1 N–H and O–H groups in total. The van der Waals surface area contributed by atoms with E-state index in [2.05, 4.69) is 9.82 Å². The van der Waals surface area contributed by atoms with Gasteiger partial charge in [0.2, 0.25) is 10.0 Å². The van der Waals surface area contributed by atoms with E-state index in [1.807, 2.05) is 41.1 Å². The largest absolute Gasteiger partial charge is 0.338 e. The molecule has 2 aliphatic heterocycles. The number of amides is 1. The second kappa shape index (κ2) is 7.75. The maximum atomic E-state index is 12.8. The highest BCUT2D eigenvalue weighted by Gasteiger charge is 2.25. The van der Waals surface area contributed by atoms with Crippen LogP contribution in [-0.4, -0.2) is 57.4 Å². The smallest absolute Gasteiger partial charge is 0.253 e. The Morgan fingerprint density at radius 2 is 2.00 bits per heavy atom. The quantitative estimate of drug-likeness (QED) is 0.845. The average molecular weight is 378 g/mol.